The average Bonchev–Trinajstić information content (AvgIpc) is 2.30. The molecule has 0 aliphatic carbocycles. The van der Waals surface area contributed by atoms with E-state index in [0.29, 0.717) is 12.0 Å². The third-order valence-corrected chi connectivity index (χ3v) is 3.45. The number of methoxy groups -OCH3 is 1. The van der Waals surface area contributed by atoms with Crippen LogP contribution in [-0.4, -0.2) is 39.5 Å². The van der Waals surface area contributed by atoms with Crippen LogP contribution in [0.1, 0.15) is 33.1 Å². The highest BCUT2D eigenvalue weighted by Crippen LogP contribution is 2.15. The van der Waals surface area contributed by atoms with Crippen LogP contribution in [0.5, 0.6) is 0 Å². The summed E-state index contributed by atoms with van der Waals surface area (Å²) in [6.07, 6.45) is 3.53. The van der Waals surface area contributed by atoms with Crippen molar-refractivity contribution >= 4 is 0 Å². The van der Waals surface area contributed by atoms with Crippen LogP contribution in [0.15, 0.2) is 0 Å². The first-order valence-electron chi connectivity index (χ1n) is 6.54. The van der Waals surface area contributed by atoms with Crippen LogP contribution in [0.3, 0.4) is 0 Å². The Hall–Kier alpha value is -0.120. The van der Waals surface area contributed by atoms with Gasteiger partial charge < -0.3 is 14.8 Å². The van der Waals surface area contributed by atoms with Crippen LogP contribution in [0.25, 0.3) is 0 Å². The summed E-state index contributed by atoms with van der Waals surface area (Å²) in [5.74, 6) is 1.48. The molecule has 1 unspecified atom stereocenters. The highest BCUT2D eigenvalue weighted by Gasteiger charge is 2.17. The number of hydrogen-bond donors (Lipinski definition) is 1. The molecule has 1 saturated heterocycles. The fourth-order valence-electron chi connectivity index (χ4n) is 2.18. The van der Waals surface area contributed by atoms with E-state index in [1.165, 1.54) is 12.8 Å². The molecule has 0 aromatic carbocycles. The second-order valence-corrected chi connectivity index (χ2v) is 5.10. The molecule has 96 valence electrons. The van der Waals surface area contributed by atoms with Gasteiger partial charge in [-0.25, -0.2) is 0 Å². The maximum atomic E-state index is 5.37. The zero-order valence-corrected chi connectivity index (χ0v) is 11.0. The molecule has 0 bridgehead atoms. The highest BCUT2D eigenvalue weighted by atomic mass is 16.5. The number of ether oxygens (including phenoxy) is 2. The topological polar surface area (TPSA) is 30.5 Å². The summed E-state index contributed by atoms with van der Waals surface area (Å²) in [6, 6.07) is 0.586. The summed E-state index contributed by atoms with van der Waals surface area (Å²) in [4.78, 5) is 0. The first-order chi connectivity index (χ1) is 7.74. The number of nitrogens with one attached hydrogen (secondary N) is 1. The molecule has 1 atom stereocenters. The Labute approximate surface area is 99.9 Å². The Morgan fingerprint density at radius 1 is 1.31 bits per heavy atom. The van der Waals surface area contributed by atoms with Crippen molar-refractivity contribution in [1.29, 1.82) is 0 Å². The number of hydrogen-bond acceptors (Lipinski definition) is 3. The Morgan fingerprint density at radius 3 is 2.56 bits per heavy atom. The van der Waals surface area contributed by atoms with Gasteiger partial charge in [-0.1, -0.05) is 13.8 Å². The maximum Gasteiger partial charge on any atom is 0.0477 e. The van der Waals surface area contributed by atoms with Gasteiger partial charge >= 0.3 is 0 Å². The third-order valence-electron chi connectivity index (χ3n) is 3.45. The molecule has 0 aromatic rings. The van der Waals surface area contributed by atoms with Gasteiger partial charge in [-0.15, -0.1) is 0 Å². The summed E-state index contributed by atoms with van der Waals surface area (Å²) in [6.45, 7) is 8.42. The molecule has 1 aliphatic rings. The van der Waals surface area contributed by atoms with Crippen molar-refractivity contribution in [2.45, 2.75) is 39.2 Å². The van der Waals surface area contributed by atoms with Crippen molar-refractivity contribution in [2.75, 3.05) is 33.5 Å². The standard InChI is InChI=1S/C13H27NO2/c1-11(2)13(6-7-15-3)14-10-12-4-8-16-9-5-12/h11-14H,4-10H2,1-3H3. The lowest BCUT2D eigenvalue weighted by atomic mass is 9.97. The molecular formula is C13H27NO2. The number of rotatable bonds is 7. The highest BCUT2D eigenvalue weighted by molar-refractivity contribution is 4.74. The van der Waals surface area contributed by atoms with E-state index in [1.54, 1.807) is 7.11 Å². The van der Waals surface area contributed by atoms with Crippen molar-refractivity contribution < 1.29 is 9.47 Å². The molecule has 1 heterocycles. The van der Waals surface area contributed by atoms with Gasteiger partial charge in [0, 0.05) is 33.0 Å². The molecule has 1 aliphatic heterocycles. The Kier molecular flexibility index (Phi) is 7.01. The predicted molar refractivity (Wildman–Crippen MR) is 66.7 cm³/mol. The molecule has 1 rings (SSSR count). The summed E-state index contributed by atoms with van der Waals surface area (Å²) >= 11 is 0. The molecule has 3 heteroatoms. The third kappa shape index (κ3) is 5.28. The van der Waals surface area contributed by atoms with Crippen LogP contribution in [-0.2, 0) is 9.47 Å². The van der Waals surface area contributed by atoms with Crippen LogP contribution in [0, 0.1) is 11.8 Å². The monoisotopic (exact) mass is 229 g/mol. The van der Waals surface area contributed by atoms with Crippen LogP contribution < -0.4 is 5.32 Å². The molecule has 0 aromatic heterocycles. The molecule has 3 nitrogen and oxygen atoms in total. The first-order valence-corrected chi connectivity index (χ1v) is 6.54. The van der Waals surface area contributed by atoms with Gasteiger partial charge in [0.25, 0.3) is 0 Å². The molecular weight excluding hydrogens is 202 g/mol. The Morgan fingerprint density at radius 2 is 2.00 bits per heavy atom. The second-order valence-electron chi connectivity index (χ2n) is 5.10. The van der Waals surface area contributed by atoms with Gasteiger partial charge in [0.15, 0.2) is 0 Å². The lowest BCUT2D eigenvalue weighted by Gasteiger charge is -2.27. The van der Waals surface area contributed by atoms with Crippen molar-refractivity contribution in [3.8, 4) is 0 Å². The summed E-state index contributed by atoms with van der Waals surface area (Å²) < 4.78 is 10.5. The molecule has 0 amide bonds. The average molecular weight is 229 g/mol. The van der Waals surface area contributed by atoms with Crippen molar-refractivity contribution in [3.05, 3.63) is 0 Å². The minimum Gasteiger partial charge on any atom is -0.385 e. The van der Waals surface area contributed by atoms with Gasteiger partial charge in [-0.05, 0) is 37.6 Å². The van der Waals surface area contributed by atoms with Gasteiger partial charge in [-0.3, -0.25) is 0 Å². The summed E-state index contributed by atoms with van der Waals surface area (Å²) in [5, 5.41) is 3.69. The SMILES string of the molecule is COCCC(NCC1CCOCC1)C(C)C. The van der Waals surface area contributed by atoms with Crippen LogP contribution in [0.2, 0.25) is 0 Å². The van der Waals surface area contributed by atoms with Gasteiger partial charge in [0.05, 0.1) is 0 Å². The van der Waals surface area contributed by atoms with Crippen LogP contribution >= 0.6 is 0 Å². The second kappa shape index (κ2) is 8.04. The predicted octanol–water partition coefficient (Wildman–Crippen LogP) is 2.06. The summed E-state index contributed by atoms with van der Waals surface area (Å²) in [5.41, 5.74) is 0. The fourth-order valence-corrected chi connectivity index (χ4v) is 2.18. The van der Waals surface area contributed by atoms with Gasteiger partial charge in [0.1, 0.15) is 0 Å². The van der Waals surface area contributed by atoms with E-state index in [9.17, 15) is 0 Å². The zero-order chi connectivity index (χ0) is 11.8. The van der Waals surface area contributed by atoms with E-state index >= 15 is 0 Å². The Bertz CT molecular complexity index is 167. The van der Waals surface area contributed by atoms with Crippen molar-refractivity contribution in [3.63, 3.8) is 0 Å². The minimum absolute atomic E-state index is 0.586. The molecule has 1 fully saturated rings. The fraction of sp³-hybridized carbons (Fsp3) is 1.00. The van der Waals surface area contributed by atoms with Crippen LogP contribution in [0.4, 0.5) is 0 Å². The smallest absolute Gasteiger partial charge is 0.0477 e. The van der Waals surface area contributed by atoms with Gasteiger partial charge in [-0.2, -0.15) is 0 Å². The quantitative estimate of drug-likeness (QED) is 0.725. The summed E-state index contributed by atoms with van der Waals surface area (Å²) in [7, 11) is 1.77. The minimum atomic E-state index is 0.586. The van der Waals surface area contributed by atoms with E-state index < -0.39 is 0 Å². The molecule has 16 heavy (non-hydrogen) atoms. The lowest BCUT2D eigenvalue weighted by molar-refractivity contribution is 0.0642. The molecule has 0 spiro atoms. The lowest BCUT2D eigenvalue weighted by Crippen LogP contribution is -2.39. The van der Waals surface area contributed by atoms with E-state index in [2.05, 4.69) is 19.2 Å². The van der Waals surface area contributed by atoms with Crippen molar-refractivity contribution in [2.24, 2.45) is 11.8 Å². The molecule has 0 saturated carbocycles. The molecule has 0 radical (unpaired) electrons. The van der Waals surface area contributed by atoms with E-state index in [1.807, 2.05) is 0 Å². The first kappa shape index (κ1) is 13.9. The van der Waals surface area contributed by atoms with E-state index in [0.717, 1.165) is 38.7 Å². The molecule has 1 N–H and O–H groups in total. The largest absolute Gasteiger partial charge is 0.385 e. The van der Waals surface area contributed by atoms with E-state index in [4.69, 9.17) is 9.47 Å². The van der Waals surface area contributed by atoms with E-state index in [-0.39, 0.29) is 0 Å². The van der Waals surface area contributed by atoms with Gasteiger partial charge in [0.2, 0.25) is 0 Å². The Balaban J connectivity index is 2.19. The zero-order valence-electron chi connectivity index (χ0n) is 11.0. The maximum absolute atomic E-state index is 5.37. The van der Waals surface area contributed by atoms with Crippen molar-refractivity contribution in [1.82, 2.24) is 5.32 Å². The normalized spacial score (nSPS) is 20.2.